The Morgan fingerprint density at radius 3 is 3.27 bits per heavy atom. The lowest BCUT2D eigenvalue weighted by molar-refractivity contribution is -0.130. The highest BCUT2D eigenvalue weighted by molar-refractivity contribution is 5.83. The van der Waals surface area contributed by atoms with E-state index >= 15 is 0 Å². The Balaban J connectivity index is 1.80. The zero-order valence-corrected chi connectivity index (χ0v) is 8.18. The van der Waals surface area contributed by atoms with Crippen LogP contribution in [0.2, 0.25) is 0 Å². The minimum absolute atomic E-state index is 0.199. The number of amides is 1. The number of nitrogens with one attached hydrogen (secondary N) is 1. The molecule has 80 valence electrons. The van der Waals surface area contributed by atoms with Gasteiger partial charge in [-0.15, -0.1) is 0 Å². The smallest absolute Gasteiger partial charge is 0.269 e. The number of rotatable bonds is 3. The van der Waals surface area contributed by atoms with E-state index in [4.69, 9.17) is 9.15 Å². The van der Waals surface area contributed by atoms with Crippen LogP contribution in [-0.2, 0) is 9.53 Å². The molecular weight excluding hydrogens is 196 g/mol. The summed E-state index contributed by atoms with van der Waals surface area (Å²) in [5.74, 6) is 0.401. The number of nitrogens with zero attached hydrogens (tertiary/aromatic N) is 1. The largest absolute Gasteiger partial charge is 0.463 e. The van der Waals surface area contributed by atoms with Crippen molar-refractivity contribution in [2.75, 3.05) is 6.61 Å². The molecule has 1 N–H and O–H groups in total. The summed E-state index contributed by atoms with van der Waals surface area (Å²) in [6.45, 7) is 0.653. The Hall–Kier alpha value is -1.62. The number of furan rings is 1. The molecular formula is C10H12N2O3. The third-order valence-corrected chi connectivity index (χ3v) is 2.13. The Labute approximate surface area is 87.1 Å². The van der Waals surface area contributed by atoms with Crippen LogP contribution in [0.3, 0.4) is 0 Å². The van der Waals surface area contributed by atoms with Gasteiger partial charge in [0.15, 0.2) is 0 Å². The molecule has 1 fully saturated rings. The molecule has 0 radical (unpaired) electrons. The van der Waals surface area contributed by atoms with E-state index in [1.807, 2.05) is 0 Å². The highest BCUT2D eigenvalue weighted by Crippen LogP contribution is 2.11. The second kappa shape index (κ2) is 4.75. The first-order valence-electron chi connectivity index (χ1n) is 4.84. The highest BCUT2D eigenvalue weighted by atomic mass is 16.5. The van der Waals surface area contributed by atoms with Gasteiger partial charge in [0.25, 0.3) is 5.91 Å². The maximum absolute atomic E-state index is 11.4. The van der Waals surface area contributed by atoms with E-state index in [0.717, 1.165) is 12.8 Å². The summed E-state index contributed by atoms with van der Waals surface area (Å²) in [6, 6.07) is 3.50. The molecule has 0 spiro atoms. The maximum atomic E-state index is 11.4. The van der Waals surface area contributed by atoms with Crippen LogP contribution in [0.5, 0.6) is 0 Å². The van der Waals surface area contributed by atoms with E-state index in [2.05, 4.69) is 10.5 Å². The molecule has 0 unspecified atom stereocenters. The van der Waals surface area contributed by atoms with Crippen LogP contribution in [0.4, 0.5) is 0 Å². The predicted octanol–water partition coefficient (Wildman–Crippen LogP) is 0.909. The van der Waals surface area contributed by atoms with Gasteiger partial charge in [0, 0.05) is 6.61 Å². The van der Waals surface area contributed by atoms with Crippen molar-refractivity contribution in [3.63, 3.8) is 0 Å². The summed E-state index contributed by atoms with van der Waals surface area (Å²) in [4.78, 5) is 11.4. The molecule has 1 aliphatic heterocycles. The summed E-state index contributed by atoms with van der Waals surface area (Å²) >= 11 is 0. The van der Waals surface area contributed by atoms with Crippen molar-refractivity contribution in [3.8, 4) is 0 Å². The van der Waals surface area contributed by atoms with E-state index in [-0.39, 0.29) is 12.0 Å². The van der Waals surface area contributed by atoms with E-state index in [0.29, 0.717) is 12.4 Å². The van der Waals surface area contributed by atoms with Crippen LogP contribution in [0, 0.1) is 0 Å². The molecule has 1 atom stereocenters. The molecule has 2 heterocycles. The number of carbonyl (C=O) groups excluding carboxylic acids is 1. The summed E-state index contributed by atoms with van der Waals surface area (Å²) < 4.78 is 10.2. The van der Waals surface area contributed by atoms with Crippen LogP contribution in [0.15, 0.2) is 27.9 Å². The third-order valence-electron chi connectivity index (χ3n) is 2.13. The van der Waals surface area contributed by atoms with Gasteiger partial charge in [0.05, 0.1) is 12.5 Å². The molecule has 1 aromatic heterocycles. The van der Waals surface area contributed by atoms with Crippen molar-refractivity contribution >= 4 is 12.1 Å². The van der Waals surface area contributed by atoms with Gasteiger partial charge in [0.1, 0.15) is 11.9 Å². The van der Waals surface area contributed by atoms with Gasteiger partial charge >= 0.3 is 0 Å². The summed E-state index contributed by atoms with van der Waals surface area (Å²) in [5, 5.41) is 3.76. The second-order valence-corrected chi connectivity index (χ2v) is 3.25. The number of hydrogen-bond donors (Lipinski definition) is 1. The standard InChI is InChI=1S/C10H12N2O3/c13-10(9-4-2-6-15-9)12-11-7-8-3-1-5-14-8/h1,3,5,7,9H,2,4,6H2,(H,12,13)/b11-7-/t9-/m1/s1. The summed E-state index contributed by atoms with van der Waals surface area (Å²) in [6.07, 6.45) is 4.34. The number of ether oxygens (including phenoxy) is 1. The maximum Gasteiger partial charge on any atom is 0.269 e. The minimum Gasteiger partial charge on any atom is -0.463 e. The molecule has 1 aliphatic rings. The quantitative estimate of drug-likeness (QED) is 0.593. The van der Waals surface area contributed by atoms with Gasteiger partial charge in [-0.25, -0.2) is 5.43 Å². The van der Waals surface area contributed by atoms with Crippen molar-refractivity contribution in [2.24, 2.45) is 5.10 Å². The molecule has 1 aromatic rings. The second-order valence-electron chi connectivity index (χ2n) is 3.25. The van der Waals surface area contributed by atoms with Crippen LogP contribution >= 0.6 is 0 Å². The zero-order valence-electron chi connectivity index (χ0n) is 8.18. The lowest BCUT2D eigenvalue weighted by atomic mass is 10.2. The van der Waals surface area contributed by atoms with E-state index in [1.165, 1.54) is 6.21 Å². The molecule has 0 aliphatic carbocycles. The molecule has 0 bridgehead atoms. The Kier molecular flexibility index (Phi) is 3.14. The minimum atomic E-state index is -0.348. The first-order chi connectivity index (χ1) is 7.36. The highest BCUT2D eigenvalue weighted by Gasteiger charge is 2.22. The molecule has 0 saturated carbocycles. The Morgan fingerprint density at radius 1 is 1.67 bits per heavy atom. The zero-order chi connectivity index (χ0) is 10.5. The number of hydrogen-bond acceptors (Lipinski definition) is 4. The molecule has 2 rings (SSSR count). The van der Waals surface area contributed by atoms with Crippen molar-refractivity contribution in [3.05, 3.63) is 24.2 Å². The molecule has 1 saturated heterocycles. The Bertz CT molecular complexity index is 340. The van der Waals surface area contributed by atoms with Gasteiger partial charge in [-0.1, -0.05) is 0 Å². The monoisotopic (exact) mass is 208 g/mol. The van der Waals surface area contributed by atoms with Gasteiger partial charge in [-0.3, -0.25) is 4.79 Å². The number of hydrazone groups is 1. The average Bonchev–Trinajstić information content (AvgIpc) is 2.90. The lowest BCUT2D eigenvalue weighted by Crippen LogP contribution is -2.30. The van der Waals surface area contributed by atoms with Crippen LogP contribution in [0.1, 0.15) is 18.6 Å². The van der Waals surface area contributed by atoms with E-state index in [9.17, 15) is 4.79 Å². The molecule has 0 aromatic carbocycles. The normalized spacial score (nSPS) is 20.9. The van der Waals surface area contributed by atoms with Gasteiger partial charge < -0.3 is 9.15 Å². The topological polar surface area (TPSA) is 63.8 Å². The third kappa shape index (κ3) is 2.66. The summed E-state index contributed by atoms with van der Waals surface area (Å²) in [5.41, 5.74) is 2.41. The van der Waals surface area contributed by atoms with Crippen molar-refractivity contribution in [1.82, 2.24) is 5.43 Å². The van der Waals surface area contributed by atoms with Crippen molar-refractivity contribution in [2.45, 2.75) is 18.9 Å². The van der Waals surface area contributed by atoms with Gasteiger partial charge in [-0.05, 0) is 25.0 Å². The van der Waals surface area contributed by atoms with Gasteiger partial charge in [-0.2, -0.15) is 5.10 Å². The van der Waals surface area contributed by atoms with E-state index in [1.54, 1.807) is 18.4 Å². The SMILES string of the molecule is O=C(N/N=C\c1ccco1)[C@H]1CCCO1. The fraction of sp³-hybridized carbons (Fsp3) is 0.400. The number of carbonyl (C=O) groups is 1. The van der Waals surface area contributed by atoms with E-state index < -0.39 is 0 Å². The fourth-order valence-corrected chi connectivity index (χ4v) is 1.38. The van der Waals surface area contributed by atoms with Gasteiger partial charge in [0.2, 0.25) is 0 Å². The lowest BCUT2D eigenvalue weighted by Gasteiger charge is -2.05. The molecule has 1 amide bonds. The molecule has 5 nitrogen and oxygen atoms in total. The predicted molar refractivity (Wildman–Crippen MR) is 53.4 cm³/mol. The first-order valence-corrected chi connectivity index (χ1v) is 4.84. The van der Waals surface area contributed by atoms with Crippen LogP contribution in [-0.4, -0.2) is 24.8 Å². The molecule has 5 heteroatoms. The van der Waals surface area contributed by atoms with Crippen LogP contribution in [0.25, 0.3) is 0 Å². The summed E-state index contributed by atoms with van der Waals surface area (Å²) in [7, 11) is 0. The average molecular weight is 208 g/mol. The molecule has 15 heavy (non-hydrogen) atoms. The van der Waals surface area contributed by atoms with Crippen molar-refractivity contribution in [1.29, 1.82) is 0 Å². The van der Waals surface area contributed by atoms with Crippen LogP contribution < -0.4 is 5.43 Å². The van der Waals surface area contributed by atoms with Crippen molar-refractivity contribution < 1.29 is 13.9 Å². The fourth-order valence-electron chi connectivity index (χ4n) is 1.38. The first kappa shape index (κ1) is 9.92. The Morgan fingerprint density at radius 2 is 2.60 bits per heavy atom.